The van der Waals surface area contributed by atoms with Gasteiger partial charge in [0.15, 0.2) is 0 Å². The third kappa shape index (κ3) is 5.30. The Bertz CT molecular complexity index is 790. The lowest BCUT2D eigenvalue weighted by Crippen LogP contribution is -2.18. The molecule has 26 heavy (non-hydrogen) atoms. The van der Waals surface area contributed by atoms with Gasteiger partial charge in [0.1, 0.15) is 5.69 Å². The summed E-state index contributed by atoms with van der Waals surface area (Å²) < 4.78 is 0. The van der Waals surface area contributed by atoms with Crippen LogP contribution >= 0.6 is 0 Å². The van der Waals surface area contributed by atoms with E-state index in [4.69, 9.17) is 0 Å². The molecule has 0 aliphatic rings. The third-order valence-corrected chi connectivity index (χ3v) is 3.65. The maximum Gasteiger partial charge on any atom is 0.292 e. The van der Waals surface area contributed by atoms with Crippen LogP contribution in [0, 0.1) is 10.1 Å². The van der Waals surface area contributed by atoms with Crippen LogP contribution in [0.5, 0.6) is 0 Å². The molecule has 8 nitrogen and oxygen atoms in total. The van der Waals surface area contributed by atoms with Gasteiger partial charge in [0, 0.05) is 37.3 Å². The molecule has 0 heterocycles. The van der Waals surface area contributed by atoms with Crippen LogP contribution in [0.3, 0.4) is 0 Å². The Morgan fingerprint density at radius 3 is 2.42 bits per heavy atom. The van der Waals surface area contributed by atoms with Gasteiger partial charge in [0.2, 0.25) is 5.91 Å². The van der Waals surface area contributed by atoms with Crippen molar-refractivity contribution in [2.75, 3.05) is 24.2 Å². The average Bonchev–Trinajstić information content (AvgIpc) is 2.65. The monoisotopic (exact) mass is 356 g/mol. The summed E-state index contributed by atoms with van der Waals surface area (Å²) >= 11 is 0. The number of hydrogen-bond acceptors (Lipinski definition) is 5. The molecule has 0 spiro atoms. The number of amides is 2. The topological polar surface area (TPSA) is 113 Å². The predicted octanol–water partition coefficient (Wildman–Crippen LogP) is 2.79. The van der Waals surface area contributed by atoms with E-state index in [1.54, 1.807) is 49.5 Å². The van der Waals surface area contributed by atoms with E-state index in [2.05, 4.69) is 16.0 Å². The summed E-state index contributed by atoms with van der Waals surface area (Å²) in [5, 5.41) is 19.2. The lowest BCUT2D eigenvalue weighted by Gasteiger charge is -2.08. The van der Waals surface area contributed by atoms with E-state index in [1.165, 1.54) is 6.07 Å². The Hall–Kier alpha value is -3.42. The predicted molar refractivity (Wildman–Crippen MR) is 99.3 cm³/mol. The van der Waals surface area contributed by atoms with Gasteiger partial charge in [-0.15, -0.1) is 0 Å². The minimum atomic E-state index is -0.447. The molecule has 0 saturated heterocycles. The summed E-state index contributed by atoms with van der Waals surface area (Å²) in [6.07, 6.45) is 0.791. The smallest absolute Gasteiger partial charge is 0.292 e. The fraction of sp³-hybridized carbons (Fsp3) is 0.222. The Kier molecular flexibility index (Phi) is 6.67. The summed E-state index contributed by atoms with van der Waals surface area (Å²) in [5.41, 5.74) is 1.56. The van der Waals surface area contributed by atoms with Crippen LogP contribution in [0.25, 0.3) is 0 Å². The number of para-hydroxylation sites is 2. The molecular weight excluding hydrogens is 336 g/mol. The molecule has 136 valence electrons. The molecule has 0 unspecified atom stereocenters. The zero-order valence-corrected chi connectivity index (χ0v) is 14.3. The molecule has 2 rings (SSSR count). The Morgan fingerprint density at radius 1 is 1.08 bits per heavy atom. The first-order valence-corrected chi connectivity index (χ1v) is 8.10. The second-order valence-electron chi connectivity index (χ2n) is 5.51. The molecule has 0 saturated carbocycles. The van der Waals surface area contributed by atoms with E-state index in [0.717, 1.165) is 0 Å². The van der Waals surface area contributed by atoms with Crippen LogP contribution in [0.4, 0.5) is 17.1 Å². The average molecular weight is 356 g/mol. The number of carbonyl (C=O) groups excluding carboxylic acids is 2. The van der Waals surface area contributed by atoms with Crippen molar-refractivity contribution in [1.82, 2.24) is 5.32 Å². The molecule has 0 aromatic heterocycles. The normalized spacial score (nSPS) is 10.0. The van der Waals surface area contributed by atoms with Gasteiger partial charge in [-0.05, 0) is 36.8 Å². The highest BCUT2D eigenvalue weighted by Gasteiger charge is 2.11. The van der Waals surface area contributed by atoms with E-state index in [1.807, 2.05) is 0 Å². The van der Waals surface area contributed by atoms with E-state index in [-0.39, 0.29) is 23.9 Å². The van der Waals surface area contributed by atoms with Crippen molar-refractivity contribution in [3.8, 4) is 0 Å². The van der Waals surface area contributed by atoms with E-state index in [9.17, 15) is 19.7 Å². The van der Waals surface area contributed by atoms with Crippen LogP contribution < -0.4 is 16.0 Å². The van der Waals surface area contributed by atoms with Crippen LogP contribution in [-0.2, 0) is 4.79 Å². The number of nitrogens with one attached hydrogen (secondary N) is 3. The van der Waals surface area contributed by atoms with Gasteiger partial charge in [-0.2, -0.15) is 0 Å². The van der Waals surface area contributed by atoms with Crippen LogP contribution in [0.1, 0.15) is 23.2 Å². The van der Waals surface area contributed by atoms with Gasteiger partial charge in [-0.25, -0.2) is 0 Å². The molecule has 2 amide bonds. The fourth-order valence-corrected chi connectivity index (χ4v) is 2.33. The Balaban J connectivity index is 1.77. The Morgan fingerprint density at radius 2 is 1.77 bits per heavy atom. The summed E-state index contributed by atoms with van der Waals surface area (Å²) in [4.78, 5) is 33.9. The third-order valence-electron chi connectivity index (χ3n) is 3.65. The maximum absolute atomic E-state index is 11.9. The molecule has 0 fully saturated rings. The highest BCUT2D eigenvalue weighted by atomic mass is 16.6. The first kappa shape index (κ1) is 18.9. The van der Waals surface area contributed by atoms with Crippen molar-refractivity contribution < 1.29 is 14.5 Å². The number of anilines is 2. The lowest BCUT2D eigenvalue weighted by atomic mass is 10.2. The fourth-order valence-electron chi connectivity index (χ4n) is 2.33. The van der Waals surface area contributed by atoms with E-state index in [0.29, 0.717) is 29.9 Å². The molecule has 0 aliphatic carbocycles. The molecule has 2 aromatic carbocycles. The van der Waals surface area contributed by atoms with Crippen molar-refractivity contribution >= 4 is 28.9 Å². The van der Waals surface area contributed by atoms with Crippen LogP contribution in [0.15, 0.2) is 48.5 Å². The van der Waals surface area contributed by atoms with E-state index >= 15 is 0 Å². The van der Waals surface area contributed by atoms with Gasteiger partial charge in [-0.3, -0.25) is 19.7 Å². The summed E-state index contributed by atoms with van der Waals surface area (Å²) in [5.74, 6) is -0.356. The number of carbonyl (C=O) groups is 2. The Labute approximate surface area is 150 Å². The summed E-state index contributed by atoms with van der Waals surface area (Å²) in [7, 11) is 1.55. The summed E-state index contributed by atoms with van der Waals surface area (Å²) in [6, 6.07) is 13.0. The number of nitro groups is 1. The molecule has 3 N–H and O–H groups in total. The maximum atomic E-state index is 11.9. The minimum Gasteiger partial charge on any atom is -0.379 e. The van der Waals surface area contributed by atoms with Crippen molar-refractivity contribution in [2.45, 2.75) is 12.8 Å². The van der Waals surface area contributed by atoms with Gasteiger partial charge in [-0.1, -0.05) is 12.1 Å². The number of rotatable bonds is 8. The molecular formula is C18H20N4O4. The lowest BCUT2D eigenvalue weighted by molar-refractivity contribution is -0.384. The van der Waals surface area contributed by atoms with Crippen LogP contribution in [-0.4, -0.2) is 30.3 Å². The zero-order valence-electron chi connectivity index (χ0n) is 14.3. The van der Waals surface area contributed by atoms with Gasteiger partial charge in [0.25, 0.3) is 11.6 Å². The second kappa shape index (κ2) is 9.16. The van der Waals surface area contributed by atoms with Gasteiger partial charge >= 0.3 is 0 Å². The summed E-state index contributed by atoms with van der Waals surface area (Å²) in [6.45, 7) is 0.438. The molecule has 0 radical (unpaired) electrons. The highest BCUT2D eigenvalue weighted by molar-refractivity contribution is 5.95. The van der Waals surface area contributed by atoms with Gasteiger partial charge in [0.05, 0.1) is 4.92 Å². The quantitative estimate of drug-likeness (QED) is 0.382. The molecule has 0 atom stereocenters. The molecule has 2 aromatic rings. The number of nitrogens with zero attached hydrogens (tertiary/aromatic N) is 1. The van der Waals surface area contributed by atoms with Gasteiger partial charge < -0.3 is 16.0 Å². The first-order valence-electron chi connectivity index (χ1n) is 8.10. The highest BCUT2D eigenvalue weighted by Crippen LogP contribution is 2.23. The largest absolute Gasteiger partial charge is 0.379 e. The standard InChI is InChI=1S/C18H20N4O4/c1-19-18(24)13-8-10-14(11-9-13)21-17(23)7-4-12-20-15-5-2-3-6-16(15)22(25)26/h2-3,5-6,8-11,20H,4,7,12H2,1H3,(H,19,24)(H,21,23). The number of hydrogen-bond donors (Lipinski definition) is 3. The molecule has 0 bridgehead atoms. The van der Waals surface area contributed by atoms with Crippen molar-refractivity contribution in [3.05, 3.63) is 64.2 Å². The number of benzene rings is 2. The van der Waals surface area contributed by atoms with Crippen LogP contribution in [0.2, 0.25) is 0 Å². The minimum absolute atomic E-state index is 0.00755. The zero-order chi connectivity index (χ0) is 18.9. The second-order valence-corrected chi connectivity index (χ2v) is 5.51. The first-order chi connectivity index (χ1) is 12.5. The molecule has 8 heteroatoms. The van der Waals surface area contributed by atoms with E-state index < -0.39 is 4.92 Å². The van der Waals surface area contributed by atoms with Crippen molar-refractivity contribution in [1.29, 1.82) is 0 Å². The van der Waals surface area contributed by atoms with Crippen molar-refractivity contribution in [3.63, 3.8) is 0 Å². The van der Waals surface area contributed by atoms with Crippen molar-refractivity contribution in [2.24, 2.45) is 0 Å². The SMILES string of the molecule is CNC(=O)c1ccc(NC(=O)CCCNc2ccccc2[N+](=O)[O-])cc1. The molecule has 0 aliphatic heterocycles. The number of nitro benzene ring substituents is 1.